The first-order valence-corrected chi connectivity index (χ1v) is 10.8. The van der Waals surface area contributed by atoms with Gasteiger partial charge in [0.25, 0.3) is 5.56 Å². The summed E-state index contributed by atoms with van der Waals surface area (Å²) in [6, 6.07) is 15.7. The Labute approximate surface area is 188 Å². The van der Waals surface area contributed by atoms with E-state index in [4.69, 9.17) is 0 Å². The molecule has 31 heavy (non-hydrogen) atoms. The van der Waals surface area contributed by atoms with Crippen molar-refractivity contribution in [1.29, 1.82) is 0 Å². The standard InChI is InChI=1S/C24H28N4O2.ClH/c29-22(14-5-6-15-25-18-9-1-2-10-18)26-19-11-7-8-17(16-19)23-20-12-3-4-13-21(20)24(30)28-27-23;/h3-4,7-8,11-13,16,18,25H,1-2,5-6,9-10,14-15H2,(H,26,29)(H,28,30);1H. The maximum Gasteiger partial charge on any atom is 0.272 e. The summed E-state index contributed by atoms with van der Waals surface area (Å²) < 4.78 is 0. The van der Waals surface area contributed by atoms with Crippen molar-refractivity contribution in [3.05, 3.63) is 58.9 Å². The van der Waals surface area contributed by atoms with Gasteiger partial charge < -0.3 is 10.6 Å². The molecule has 0 spiro atoms. The van der Waals surface area contributed by atoms with Gasteiger partial charge >= 0.3 is 0 Å². The molecule has 3 aromatic rings. The summed E-state index contributed by atoms with van der Waals surface area (Å²) >= 11 is 0. The van der Waals surface area contributed by atoms with Crippen molar-refractivity contribution in [2.75, 3.05) is 11.9 Å². The van der Waals surface area contributed by atoms with Gasteiger partial charge in [-0.15, -0.1) is 12.4 Å². The molecule has 0 radical (unpaired) electrons. The normalized spacial score (nSPS) is 13.8. The molecule has 3 N–H and O–H groups in total. The van der Waals surface area contributed by atoms with Gasteiger partial charge in [-0.3, -0.25) is 9.59 Å². The van der Waals surface area contributed by atoms with Crippen LogP contribution in [0.1, 0.15) is 44.9 Å². The third kappa shape index (κ3) is 5.93. The van der Waals surface area contributed by atoms with Crippen molar-refractivity contribution in [1.82, 2.24) is 15.5 Å². The molecule has 0 atom stereocenters. The van der Waals surface area contributed by atoms with Crippen molar-refractivity contribution in [2.45, 2.75) is 51.0 Å². The van der Waals surface area contributed by atoms with Gasteiger partial charge in [-0.2, -0.15) is 5.10 Å². The van der Waals surface area contributed by atoms with Crippen molar-refractivity contribution in [2.24, 2.45) is 0 Å². The molecule has 0 unspecified atom stereocenters. The van der Waals surface area contributed by atoms with Gasteiger partial charge in [-0.1, -0.05) is 43.2 Å². The summed E-state index contributed by atoms with van der Waals surface area (Å²) in [7, 11) is 0. The molecule has 1 saturated carbocycles. The van der Waals surface area contributed by atoms with Crippen LogP contribution in [0.5, 0.6) is 0 Å². The molecule has 1 aromatic heterocycles. The van der Waals surface area contributed by atoms with E-state index in [1.165, 1.54) is 25.7 Å². The van der Waals surface area contributed by atoms with Crippen LogP contribution in [-0.2, 0) is 4.79 Å². The van der Waals surface area contributed by atoms with Crippen LogP contribution in [0.2, 0.25) is 0 Å². The number of aromatic nitrogens is 2. The maximum atomic E-state index is 12.3. The first-order chi connectivity index (χ1) is 14.7. The highest BCUT2D eigenvalue weighted by Gasteiger charge is 2.13. The highest BCUT2D eigenvalue weighted by atomic mass is 35.5. The third-order valence-corrected chi connectivity index (χ3v) is 5.73. The van der Waals surface area contributed by atoms with E-state index in [0.29, 0.717) is 23.5 Å². The van der Waals surface area contributed by atoms with Crippen molar-refractivity contribution in [3.63, 3.8) is 0 Å². The van der Waals surface area contributed by atoms with E-state index in [9.17, 15) is 9.59 Å². The molecule has 1 heterocycles. The largest absolute Gasteiger partial charge is 0.326 e. The molecule has 0 saturated heterocycles. The zero-order valence-electron chi connectivity index (χ0n) is 17.5. The molecule has 4 rings (SSSR count). The van der Waals surface area contributed by atoms with E-state index < -0.39 is 0 Å². The summed E-state index contributed by atoms with van der Waals surface area (Å²) in [4.78, 5) is 24.4. The number of H-pyrrole nitrogens is 1. The van der Waals surface area contributed by atoms with Crippen LogP contribution in [0.3, 0.4) is 0 Å². The molecule has 164 valence electrons. The molecule has 1 aliphatic carbocycles. The van der Waals surface area contributed by atoms with E-state index in [1.807, 2.05) is 42.5 Å². The predicted molar refractivity (Wildman–Crippen MR) is 128 cm³/mol. The third-order valence-electron chi connectivity index (χ3n) is 5.73. The first kappa shape index (κ1) is 23.0. The average molecular weight is 441 g/mol. The predicted octanol–water partition coefficient (Wildman–Crippen LogP) is 4.65. The Morgan fingerprint density at radius 2 is 1.81 bits per heavy atom. The summed E-state index contributed by atoms with van der Waals surface area (Å²) in [6.45, 7) is 0.985. The summed E-state index contributed by atoms with van der Waals surface area (Å²) in [5.74, 6) is 0.0207. The molecular formula is C24H29ClN4O2. The Morgan fingerprint density at radius 3 is 2.61 bits per heavy atom. The number of amides is 1. The minimum atomic E-state index is -0.207. The average Bonchev–Trinajstić information content (AvgIpc) is 3.28. The monoisotopic (exact) mass is 440 g/mol. The molecule has 7 heteroatoms. The Hall–Kier alpha value is -2.70. The lowest BCUT2D eigenvalue weighted by molar-refractivity contribution is -0.116. The smallest absolute Gasteiger partial charge is 0.272 e. The number of aromatic amines is 1. The number of rotatable bonds is 8. The van der Waals surface area contributed by atoms with Crippen molar-refractivity contribution < 1.29 is 4.79 Å². The SMILES string of the molecule is Cl.O=C(CCCCNC1CCCC1)Nc1cccc(-c2n[nH]c(=O)c3ccccc23)c1. The molecule has 0 bridgehead atoms. The zero-order valence-corrected chi connectivity index (χ0v) is 18.3. The second-order valence-electron chi connectivity index (χ2n) is 7.97. The van der Waals surface area contributed by atoms with Gasteiger partial charge in [0.2, 0.25) is 5.91 Å². The zero-order chi connectivity index (χ0) is 20.8. The fourth-order valence-electron chi connectivity index (χ4n) is 4.15. The van der Waals surface area contributed by atoms with Crippen LogP contribution in [0, 0.1) is 0 Å². The van der Waals surface area contributed by atoms with E-state index in [2.05, 4.69) is 20.8 Å². The lowest BCUT2D eigenvalue weighted by Crippen LogP contribution is -2.27. The Bertz CT molecular complexity index is 1080. The van der Waals surface area contributed by atoms with Gasteiger partial charge in [0, 0.05) is 29.1 Å². The lowest BCUT2D eigenvalue weighted by Gasteiger charge is -2.11. The van der Waals surface area contributed by atoms with Crippen LogP contribution in [-0.4, -0.2) is 28.7 Å². The van der Waals surface area contributed by atoms with Crippen LogP contribution in [0.25, 0.3) is 22.0 Å². The molecule has 1 fully saturated rings. The minimum Gasteiger partial charge on any atom is -0.326 e. The maximum absolute atomic E-state index is 12.3. The van der Waals surface area contributed by atoms with Gasteiger partial charge in [-0.05, 0) is 50.4 Å². The Balaban J connectivity index is 0.00000272. The minimum absolute atomic E-state index is 0. The number of hydrogen-bond acceptors (Lipinski definition) is 4. The number of unbranched alkanes of at least 4 members (excludes halogenated alkanes) is 1. The molecule has 1 aliphatic rings. The fourth-order valence-corrected chi connectivity index (χ4v) is 4.15. The second kappa shape index (κ2) is 11.1. The Morgan fingerprint density at radius 1 is 1.03 bits per heavy atom. The van der Waals surface area contributed by atoms with Crippen LogP contribution in [0.4, 0.5) is 5.69 Å². The number of nitrogens with one attached hydrogen (secondary N) is 3. The number of fused-ring (bicyclic) bond motifs is 1. The quantitative estimate of drug-likeness (QED) is 0.445. The molecular weight excluding hydrogens is 412 g/mol. The lowest BCUT2D eigenvalue weighted by atomic mass is 10.0. The van der Waals surface area contributed by atoms with Crippen molar-refractivity contribution in [3.8, 4) is 11.3 Å². The van der Waals surface area contributed by atoms with Crippen LogP contribution in [0.15, 0.2) is 53.3 Å². The number of carbonyl (C=O) groups excluding carboxylic acids is 1. The fraction of sp³-hybridized carbons (Fsp3) is 0.375. The van der Waals surface area contributed by atoms with Gasteiger partial charge in [-0.25, -0.2) is 5.10 Å². The number of anilines is 1. The van der Waals surface area contributed by atoms with Gasteiger partial charge in [0.05, 0.1) is 11.1 Å². The number of halogens is 1. The number of hydrogen-bond donors (Lipinski definition) is 3. The number of benzene rings is 2. The number of carbonyl (C=O) groups is 1. The number of nitrogens with zero attached hydrogens (tertiary/aromatic N) is 1. The van der Waals surface area contributed by atoms with E-state index in [-0.39, 0.29) is 23.9 Å². The molecule has 1 amide bonds. The van der Waals surface area contributed by atoms with Gasteiger partial charge in [0.15, 0.2) is 0 Å². The molecule has 0 aliphatic heterocycles. The Kier molecular flexibility index (Phi) is 8.20. The first-order valence-electron chi connectivity index (χ1n) is 10.8. The van der Waals surface area contributed by atoms with E-state index in [0.717, 1.165) is 36.0 Å². The van der Waals surface area contributed by atoms with E-state index in [1.54, 1.807) is 6.07 Å². The van der Waals surface area contributed by atoms with Crippen LogP contribution < -0.4 is 16.2 Å². The highest BCUT2D eigenvalue weighted by Crippen LogP contribution is 2.26. The summed E-state index contributed by atoms with van der Waals surface area (Å²) in [6.07, 6.45) is 7.64. The molecule has 2 aromatic carbocycles. The summed E-state index contributed by atoms with van der Waals surface area (Å²) in [5.41, 5.74) is 2.07. The second-order valence-corrected chi connectivity index (χ2v) is 7.97. The van der Waals surface area contributed by atoms with Crippen molar-refractivity contribution >= 4 is 34.8 Å². The van der Waals surface area contributed by atoms with Gasteiger partial charge in [0.1, 0.15) is 0 Å². The summed E-state index contributed by atoms with van der Waals surface area (Å²) in [5, 5.41) is 14.8. The van der Waals surface area contributed by atoms with Crippen LogP contribution >= 0.6 is 12.4 Å². The molecule has 6 nitrogen and oxygen atoms in total. The highest BCUT2D eigenvalue weighted by molar-refractivity contribution is 5.95. The van der Waals surface area contributed by atoms with E-state index >= 15 is 0 Å². The topological polar surface area (TPSA) is 86.9 Å².